The van der Waals surface area contributed by atoms with Gasteiger partial charge in [-0.05, 0) is 35.3 Å². The normalized spacial score (nSPS) is 22.4. The summed E-state index contributed by atoms with van der Waals surface area (Å²) in [5, 5.41) is 9.98. The Labute approximate surface area is 154 Å². The molecule has 0 bridgehead atoms. The summed E-state index contributed by atoms with van der Waals surface area (Å²) in [6.07, 6.45) is 1.58. The van der Waals surface area contributed by atoms with Gasteiger partial charge in [0.2, 0.25) is 0 Å². The van der Waals surface area contributed by atoms with Gasteiger partial charge in [-0.15, -0.1) is 0 Å². The molecule has 0 amide bonds. The first-order valence-electron chi connectivity index (χ1n) is 9.24. The summed E-state index contributed by atoms with van der Waals surface area (Å²) in [6, 6.07) is 21.3. The van der Waals surface area contributed by atoms with Crippen molar-refractivity contribution < 1.29 is 9.53 Å². The van der Waals surface area contributed by atoms with Crippen molar-refractivity contribution >= 4 is 10.5 Å². The van der Waals surface area contributed by atoms with Crippen LogP contribution in [0.5, 0.6) is 0 Å². The van der Waals surface area contributed by atoms with Crippen LogP contribution in [-0.2, 0) is 10.0 Å². The van der Waals surface area contributed by atoms with Crippen LogP contribution in [0, 0.1) is 17.3 Å². The molecule has 0 spiro atoms. The molecule has 134 valence electrons. The van der Waals surface area contributed by atoms with Crippen LogP contribution in [0.3, 0.4) is 0 Å². The molecule has 1 fully saturated rings. The van der Waals surface area contributed by atoms with Gasteiger partial charge in [-0.2, -0.15) is 0 Å². The number of rotatable bonds is 5. The van der Waals surface area contributed by atoms with Crippen LogP contribution in [-0.4, -0.2) is 21.7 Å². The lowest BCUT2D eigenvalue weighted by Gasteiger charge is -2.54. The minimum atomic E-state index is -0.461. The highest BCUT2D eigenvalue weighted by Crippen LogP contribution is 2.55. The lowest BCUT2D eigenvalue weighted by atomic mass is 9.55. The fraction of sp³-hybridized carbons (Fsp3) is 0.455. The van der Waals surface area contributed by atoms with Crippen molar-refractivity contribution in [1.29, 1.82) is 0 Å². The molecule has 1 aliphatic carbocycles. The second-order valence-electron chi connectivity index (χ2n) is 8.40. The van der Waals surface area contributed by atoms with Crippen LogP contribution in [0.1, 0.15) is 44.7 Å². The van der Waals surface area contributed by atoms with Crippen LogP contribution in [0.15, 0.2) is 60.7 Å². The molecule has 1 saturated carbocycles. The van der Waals surface area contributed by atoms with Crippen molar-refractivity contribution in [2.45, 2.75) is 45.3 Å². The largest absolute Gasteiger partial charge is 0.414 e. The summed E-state index contributed by atoms with van der Waals surface area (Å²) in [4.78, 5) is 0. The predicted octanol–water partition coefficient (Wildman–Crippen LogP) is 3.66. The van der Waals surface area contributed by atoms with Crippen LogP contribution in [0.2, 0.25) is 0 Å². The Kier molecular flexibility index (Phi) is 5.19. The van der Waals surface area contributed by atoms with E-state index in [4.69, 9.17) is 4.43 Å². The van der Waals surface area contributed by atoms with Gasteiger partial charge < -0.3 is 9.53 Å². The molecule has 1 aliphatic rings. The average Bonchev–Trinajstić information content (AvgIpc) is 2.58. The van der Waals surface area contributed by atoms with Gasteiger partial charge in [0.05, 0.1) is 6.10 Å². The van der Waals surface area contributed by atoms with Crippen LogP contribution in [0.25, 0.3) is 0 Å². The van der Waals surface area contributed by atoms with E-state index in [0.29, 0.717) is 22.3 Å². The van der Waals surface area contributed by atoms with Crippen LogP contribution < -0.4 is 0 Å². The fourth-order valence-corrected chi connectivity index (χ4v) is 5.54. The van der Waals surface area contributed by atoms with E-state index in [-0.39, 0.29) is 11.5 Å². The molecular weight excluding hydrogens is 324 g/mol. The van der Waals surface area contributed by atoms with E-state index in [2.05, 4.69) is 81.4 Å². The van der Waals surface area contributed by atoms with Crippen LogP contribution >= 0.6 is 0 Å². The summed E-state index contributed by atoms with van der Waals surface area (Å²) in [5.41, 5.74) is 2.04. The maximum Gasteiger partial charge on any atom is 0.147 e. The Hall–Kier alpha value is -1.42. The predicted molar refractivity (Wildman–Crippen MR) is 106 cm³/mol. The molecule has 1 unspecified atom stereocenters. The Morgan fingerprint density at radius 3 is 1.68 bits per heavy atom. The summed E-state index contributed by atoms with van der Waals surface area (Å²) >= 11 is 0. The minimum absolute atomic E-state index is 0.0564. The summed E-state index contributed by atoms with van der Waals surface area (Å²) in [6.45, 7) is 6.93. The smallest absolute Gasteiger partial charge is 0.147 e. The maximum atomic E-state index is 9.98. The molecule has 1 atom stereocenters. The van der Waals surface area contributed by atoms with Crippen molar-refractivity contribution in [3.8, 4) is 0 Å². The lowest BCUT2D eigenvalue weighted by Crippen LogP contribution is -2.52. The molecule has 0 saturated heterocycles. The van der Waals surface area contributed by atoms with Crippen LogP contribution in [0.4, 0.5) is 0 Å². The first-order chi connectivity index (χ1) is 11.9. The van der Waals surface area contributed by atoms with Gasteiger partial charge in [0.15, 0.2) is 0 Å². The maximum absolute atomic E-state index is 9.98. The van der Waals surface area contributed by atoms with E-state index in [1.165, 1.54) is 11.1 Å². The Balaban J connectivity index is 2.22. The molecule has 0 heterocycles. The van der Waals surface area contributed by atoms with Gasteiger partial charge in [0.25, 0.3) is 0 Å². The number of aliphatic hydroxyl groups excluding tert-OH is 1. The summed E-state index contributed by atoms with van der Waals surface area (Å²) < 4.78 is 6.55. The van der Waals surface area contributed by atoms with E-state index < -0.39 is 5.60 Å². The average molecular weight is 355 g/mol. The van der Waals surface area contributed by atoms with Gasteiger partial charge in [0.1, 0.15) is 16.1 Å². The second kappa shape index (κ2) is 7.06. The number of benzene rings is 2. The summed E-state index contributed by atoms with van der Waals surface area (Å²) in [5.74, 6) is 0.759. The Morgan fingerprint density at radius 2 is 1.36 bits per heavy atom. The molecule has 2 aromatic rings. The van der Waals surface area contributed by atoms with E-state index in [9.17, 15) is 5.11 Å². The molecule has 1 N–H and O–H groups in total. The van der Waals surface area contributed by atoms with Crippen molar-refractivity contribution in [3.63, 3.8) is 0 Å². The SMILES string of the molecule is CC(C)(C)C(C1CC(O)C1)C(O[SiH3])(c1ccccc1)c1ccccc1. The van der Waals surface area contributed by atoms with Gasteiger partial charge in [-0.3, -0.25) is 0 Å². The van der Waals surface area contributed by atoms with Gasteiger partial charge >= 0.3 is 0 Å². The van der Waals surface area contributed by atoms with Gasteiger partial charge in [-0.25, -0.2) is 0 Å². The number of aliphatic hydroxyl groups is 1. The first kappa shape index (κ1) is 18.4. The third-order valence-corrected chi connectivity index (χ3v) is 6.36. The number of hydrogen-bond donors (Lipinski definition) is 1. The first-order valence-corrected chi connectivity index (χ1v) is 10.1. The van der Waals surface area contributed by atoms with Gasteiger partial charge in [-0.1, -0.05) is 81.4 Å². The molecule has 0 aromatic heterocycles. The van der Waals surface area contributed by atoms with Crippen molar-refractivity contribution in [2.75, 3.05) is 0 Å². The molecular formula is C22H30O2Si. The van der Waals surface area contributed by atoms with E-state index in [1.54, 1.807) is 0 Å². The minimum Gasteiger partial charge on any atom is -0.414 e. The van der Waals surface area contributed by atoms with Crippen molar-refractivity contribution in [1.82, 2.24) is 0 Å². The molecule has 3 heteroatoms. The highest BCUT2D eigenvalue weighted by molar-refractivity contribution is 5.98. The van der Waals surface area contributed by atoms with E-state index in [0.717, 1.165) is 12.8 Å². The Bertz CT molecular complexity index is 633. The van der Waals surface area contributed by atoms with Crippen molar-refractivity contribution in [3.05, 3.63) is 71.8 Å². The zero-order valence-corrected chi connectivity index (χ0v) is 17.8. The molecule has 3 rings (SSSR count). The second-order valence-corrected chi connectivity index (χ2v) is 8.81. The van der Waals surface area contributed by atoms with Gasteiger partial charge in [0, 0.05) is 5.92 Å². The monoisotopic (exact) mass is 354 g/mol. The molecule has 0 aliphatic heterocycles. The zero-order chi connectivity index (χ0) is 18.1. The molecule has 2 aromatic carbocycles. The highest BCUT2D eigenvalue weighted by Gasteiger charge is 2.53. The molecule has 0 radical (unpaired) electrons. The molecule has 2 nitrogen and oxygen atoms in total. The lowest BCUT2D eigenvalue weighted by molar-refractivity contribution is -0.0968. The Morgan fingerprint density at radius 1 is 0.920 bits per heavy atom. The third kappa shape index (κ3) is 3.33. The quantitative estimate of drug-likeness (QED) is 0.831. The fourth-order valence-electron chi connectivity index (χ4n) is 4.81. The topological polar surface area (TPSA) is 29.5 Å². The molecule has 25 heavy (non-hydrogen) atoms. The third-order valence-electron chi connectivity index (χ3n) is 5.72. The number of hydrogen-bond acceptors (Lipinski definition) is 2. The standard InChI is InChI=1S/C22H30O2Si/c1-21(2,3)20(16-14-19(23)15-16)22(24-25,17-10-6-4-7-11-17)18-12-8-5-9-13-18/h4-13,16,19-20,23H,14-15H2,1-3,25H3. The highest BCUT2D eigenvalue weighted by atomic mass is 28.2. The van der Waals surface area contributed by atoms with Crippen molar-refractivity contribution in [2.24, 2.45) is 17.3 Å². The van der Waals surface area contributed by atoms with E-state index in [1.807, 2.05) is 0 Å². The zero-order valence-electron chi connectivity index (χ0n) is 15.8. The summed E-state index contributed by atoms with van der Waals surface area (Å²) in [7, 11) is 0.652. The van der Waals surface area contributed by atoms with E-state index >= 15 is 0 Å².